The molecule has 2 N–H and O–H groups in total. The average Bonchev–Trinajstić information content (AvgIpc) is 2.73. The molecule has 1 heterocycles. The Balaban J connectivity index is 1.43. The number of aromatic nitrogens is 1. The molecule has 2 aromatic carbocycles. The van der Waals surface area contributed by atoms with Crippen molar-refractivity contribution in [3.8, 4) is 0 Å². The first kappa shape index (κ1) is 22.2. The number of carbonyl (C=O) groups is 2. The topological polar surface area (TPSA) is 83.6 Å². The smallest absolute Gasteiger partial charge is 0.412 e. The molecule has 3 rings (SSSR count). The maximum Gasteiger partial charge on any atom is 0.412 e. The van der Waals surface area contributed by atoms with Gasteiger partial charge in [0.25, 0.3) is 0 Å². The van der Waals surface area contributed by atoms with Crippen LogP contribution in [0.15, 0.2) is 48.7 Å². The Morgan fingerprint density at radius 3 is 2.65 bits per heavy atom. The van der Waals surface area contributed by atoms with E-state index in [2.05, 4.69) is 15.6 Å². The average molecular weight is 449 g/mol. The largest absolute Gasteiger partial charge is 0.447 e. The highest BCUT2D eigenvalue weighted by Gasteiger charge is 2.11. The van der Waals surface area contributed by atoms with Crippen molar-refractivity contribution in [3.63, 3.8) is 0 Å². The molecule has 0 bridgehead atoms. The van der Waals surface area contributed by atoms with Gasteiger partial charge in [0, 0.05) is 30.2 Å². The lowest BCUT2D eigenvalue weighted by molar-refractivity contribution is 0.146. The summed E-state index contributed by atoms with van der Waals surface area (Å²) in [4.78, 5) is 29.4. The van der Waals surface area contributed by atoms with E-state index in [9.17, 15) is 18.4 Å². The lowest BCUT2D eigenvalue weighted by Gasteiger charge is -2.18. The summed E-state index contributed by atoms with van der Waals surface area (Å²) in [6.45, 7) is 0.0977. The van der Waals surface area contributed by atoms with Crippen LogP contribution in [-0.4, -0.2) is 42.2 Å². The van der Waals surface area contributed by atoms with Crippen LogP contribution in [0.3, 0.4) is 0 Å². The molecule has 0 aliphatic heterocycles. The number of nitrogens with zero attached hydrogens (tertiary/aromatic N) is 2. The van der Waals surface area contributed by atoms with Gasteiger partial charge < -0.3 is 15.0 Å². The molecular formula is C21H19ClF2N4O3. The van der Waals surface area contributed by atoms with E-state index in [1.807, 2.05) is 0 Å². The van der Waals surface area contributed by atoms with Gasteiger partial charge in [0.15, 0.2) is 0 Å². The molecule has 0 saturated carbocycles. The predicted octanol–water partition coefficient (Wildman–Crippen LogP) is 4.56. The molecule has 31 heavy (non-hydrogen) atoms. The van der Waals surface area contributed by atoms with Crippen LogP contribution < -0.4 is 10.6 Å². The van der Waals surface area contributed by atoms with Crippen molar-refractivity contribution in [2.75, 3.05) is 25.5 Å². The van der Waals surface area contributed by atoms with Gasteiger partial charge in [0.1, 0.15) is 24.1 Å². The van der Waals surface area contributed by atoms with Crippen molar-refractivity contribution in [1.82, 2.24) is 15.2 Å². The highest BCUT2D eigenvalue weighted by Crippen LogP contribution is 2.18. The van der Waals surface area contributed by atoms with Gasteiger partial charge in [-0.1, -0.05) is 11.6 Å². The number of amides is 3. The van der Waals surface area contributed by atoms with Crippen LogP contribution in [0.25, 0.3) is 10.8 Å². The van der Waals surface area contributed by atoms with E-state index >= 15 is 0 Å². The van der Waals surface area contributed by atoms with Crippen molar-refractivity contribution >= 4 is 40.3 Å². The Bertz CT molecular complexity index is 1110. The standard InChI is InChI=1S/C21H19ClF2N4O3/c1-28(20(29)26-12-15-9-17(24)4-5-18(15)22)6-7-31-21(30)27-19-10-14-8-16(23)3-2-13(14)11-25-19/h2-5,8-11H,6-7,12H2,1H3,(H,26,29)(H,25,27,30). The Labute approximate surface area is 182 Å². The molecule has 0 spiro atoms. The number of rotatable bonds is 6. The van der Waals surface area contributed by atoms with E-state index in [1.54, 1.807) is 6.07 Å². The van der Waals surface area contributed by atoms with Gasteiger partial charge in [0.2, 0.25) is 0 Å². The van der Waals surface area contributed by atoms with Crippen molar-refractivity contribution in [2.24, 2.45) is 0 Å². The lowest BCUT2D eigenvalue weighted by atomic mass is 10.2. The number of ether oxygens (including phenoxy) is 1. The summed E-state index contributed by atoms with van der Waals surface area (Å²) >= 11 is 5.96. The first-order valence-corrected chi connectivity index (χ1v) is 9.61. The van der Waals surface area contributed by atoms with Crippen LogP contribution in [-0.2, 0) is 11.3 Å². The van der Waals surface area contributed by atoms with Gasteiger partial charge in [-0.15, -0.1) is 0 Å². The number of hydrogen-bond acceptors (Lipinski definition) is 4. The maximum atomic E-state index is 13.3. The molecule has 0 saturated heterocycles. The zero-order valence-electron chi connectivity index (χ0n) is 16.5. The summed E-state index contributed by atoms with van der Waals surface area (Å²) < 4.78 is 31.6. The summed E-state index contributed by atoms with van der Waals surface area (Å²) in [6, 6.07) is 9.21. The molecule has 0 radical (unpaired) electrons. The SMILES string of the molecule is CN(CCOC(=O)Nc1cc2cc(F)ccc2cn1)C(=O)NCc1cc(F)ccc1Cl. The Kier molecular flexibility index (Phi) is 7.19. The van der Waals surface area contributed by atoms with E-state index in [0.29, 0.717) is 16.0 Å². The number of halogens is 3. The van der Waals surface area contributed by atoms with Crippen LogP contribution in [0.1, 0.15) is 5.56 Å². The molecule has 162 valence electrons. The molecule has 0 unspecified atom stereocenters. The third kappa shape index (κ3) is 6.26. The summed E-state index contributed by atoms with van der Waals surface area (Å²) in [7, 11) is 1.52. The number of pyridine rings is 1. The molecule has 0 fully saturated rings. The minimum Gasteiger partial charge on any atom is -0.447 e. The third-order valence-electron chi connectivity index (χ3n) is 4.36. The van der Waals surface area contributed by atoms with Crippen molar-refractivity contribution in [1.29, 1.82) is 0 Å². The van der Waals surface area contributed by atoms with Crippen molar-refractivity contribution in [2.45, 2.75) is 6.54 Å². The normalized spacial score (nSPS) is 10.6. The summed E-state index contributed by atoms with van der Waals surface area (Å²) in [5.41, 5.74) is 0.446. The van der Waals surface area contributed by atoms with Gasteiger partial charge in [-0.2, -0.15) is 0 Å². The fourth-order valence-corrected chi connectivity index (χ4v) is 2.87. The second-order valence-corrected chi connectivity index (χ2v) is 7.05. The number of hydrogen-bond donors (Lipinski definition) is 2. The molecule has 10 heteroatoms. The molecule has 3 aromatic rings. The van der Waals surface area contributed by atoms with Crippen LogP contribution >= 0.6 is 11.6 Å². The second kappa shape index (κ2) is 10.0. The van der Waals surface area contributed by atoms with Crippen LogP contribution in [0.4, 0.5) is 24.2 Å². The monoisotopic (exact) mass is 448 g/mol. The molecule has 0 aliphatic rings. The van der Waals surface area contributed by atoms with Crippen molar-refractivity contribution < 1.29 is 23.1 Å². The van der Waals surface area contributed by atoms with Crippen LogP contribution in [0, 0.1) is 11.6 Å². The van der Waals surface area contributed by atoms with Crippen LogP contribution in [0.5, 0.6) is 0 Å². The Morgan fingerprint density at radius 2 is 1.84 bits per heavy atom. The van der Waals surface area contributed by atoms with E-state index in [1.165, 1.54) is 54.5 Å². The zero-order chi connectivity index (χ0) is 22.4. The predicted molar refractivity (Wildman–Crippen MR) is 113 cm³/mol. The van der Waals surface area contributed by atoms with Gasteiger partial charge in [-0.3, -0.25) is 5.32 Å². The van der Waals surface area contributed by atoms with Gasteiger partial charge in [0.05, 0.1) is 6.54 Å². The lowest BCUT2D eigenvalue weighted by Crippen LogP contribution is -2.39. The molecule has 0 atom stereocenters. The highest BCUT2D eigenvalue weighted by molar-refractivity contribution is 6.31. The quantitative estimate of drug-likeness (QED) is 0.579. The number of urea groups is 1. The summed E-state index contributed by atoms with van der Waals surface area (Å²) in [5.74, 6) is -0.637. The molecule has 1 aromatic heterocycles. The second-order valence-electron chi connectivity index (χ2n) is 6.64. The first-order valence-electron chi connectivity index (χ1n) is 9.24. The summed E-state index contributed by atoms with van der Waals surface area (Å²) in [6.07, 6.45) is 0.747. The number of fused-ring (bicyclic) bond motifs is 1. The van der Waals surface area contributed by atoms with E-state index < -0.39 is 23.8 Å². The number of likely N-dealkylation sites (N-methyl/N-ethyl adjacent to an activating group) is 1. The third-order valence-corrected chi connectivity index (χ3v) is 4.73. The zero-order valence-corrected chi connectivity index (χ0v) is 17.2. The Hall–Kier alpha value is -3.46. The first-order chi connectivity index (χ1) is 14.8. The fourth-order valence-electron chi connectivity index (χ4n) is 2.68. The number of benzene rings is 2. The molecule has 7 nitrogen and oxygen atoms in total. The van der Waals surface area contributed by atoms with Crippen molar-refractivity contribution in [3.05, 3.63) is 70.9 Å². The van der Waals surface area contributed by atoms with E-state index in [0.717, 1.165) is 5.39 Å². The van der Waals surface area contributed by atoms with Gasteiger partial charge in [-0.05, 0) is 53.4 Å². The van der Waals surface area contributed by atoms with Gasteiger partial charge in [-0.25, -0.2) is 23.4 Å². The maximum absolute atomic E-state index is 13.3. The van der Waals surface area contributed by atoms with Gasteiger partial charge >= 0.3 is 12.1 Å². The van der Waals surface area contributed by atoms with E-state index in [-0.39, 0.29) is 25.5 Å². The highest BCUT2D eigenvalue weighted by atomic mass is 35.5. The fraction of sp³-hybridized carbons (Fsp3) is 0.190. The minimum absolute atomic E-state index is 0.0509. The Morgan fingerprint density at radius 1 is 1.10 bits per heavy atom. The molecule has 0 aliphatic carbocycles. The number of carbonyl (C=O) groups excluding carboxylic acids is 2. The molecular weight excluding hydrogens is 430 g/mol. The molecule has 3 amide bonds. The minimum atomic E-state index is -0.761. The number of nitrogens with one attached hydrogen (secondary N) is 2. The van der Waals surface area contributed by atoms with Crippen LogP contribution in [0.2, 0.25) is 5.02 Å². The van der Waals surface area contributed by atoms with E-state index in [4.69, 9.17) is 16.3 Å². The summed E-state index contributed by atoms with van der Waals surface area (Å²) in [5, 5.41) is 6.71. The number of anilines is 1.